The van der Waals surface area contributed by atoms with Crippen LogP contribution < -0.4 is 15.0 Å². The molecule has 2 saturated heterocycles. The molecule has 0 aliphatic carbocycles. The van der Waals surface area contributed by atoms with Gasteiger partial charge < -0.3 is 19.9 Å². The van der Waals surface area contributed by atoms with Gasteiger partial charge in [-0.3, -0.25) is 4.90 Å². The molecule has 6 nitrogen and oxygen atoms in total. The number of carbonyl (C=O) groups excluding carboxylic acids is 1. The lowest BCUT2D eigenvalue weighted by molar-refractivity contribution is 0.0963. The molecule has 1 aromatic rings. The van der Waals surface area contributed by atoms with Crippen LogP contribution in [0.2, 0.25) is 0 Å². The molecular formula is C15H19FN2O4. The first-order valence-corrected chi connectivity index (χ1v) is 7.39. The van der Waals surface area contributed by atoms with Gasteiger partial charge in [0.15, 0.2) is 11.6 Å². The van der Waals surface area contributed by atoms with Gasteiger partial charge in [0.05, 0.1) is 25.4 Å². The number of ether oxygens (including phenoxy) is 2. The Balaban J connectivity index is 1.65. The van der Waals surface area contributed by atoms with E-state index in [-0.39, 0.29) is 18.9 Å². The molecule has 22 heavy (non-hydrogen) atoms. The Morgan fingerprint density at radius 1 is 1.50 bits per heavy atom. The lowest BCUT2D eigenvalue weighted by Crippen LogP contribution is -2.25. The van der Waals surface area contributed by atoms with Crippen LogP contribution in [-0.4, -0.2) is 50.2 Å². The van der Waals surface area contributed by atoms with E-state index < -0.39 is 18.0 Å². The van der Waals surface area contributed by atoms with Crippen molar-refractivity contribution in [2.45, 2.75) is 12.5 Å². The van der Waals surface area contributed by atoms with E-state index in [2.05, 4.69) is 5.32 Å². The maximum Gasteiger partial charge on any atom is 0.414 e. The molecule has 0 spiro atoms. The third-order valence-corrected chi connectivity index (χ3v) is 3.94. The number of amides is 1. The molecule has 2 aliphatic heterocycles. The van der Waals surface area contributed by atoms with E-state index in [1.54, 1.807) is 6.07 Å². The molecule has 1 amide bonds. The van der Waals surface area contributed by atoms with Crippen molar-refractivity contribution in [3.8, 4) is 5.75 Å². The van der Waals surface area contributed by atoms with Crippen LogP contribution >= 0.6 is 0 Å². The summed E-state index contributed by atoms with van der Waals surface area (Å²) in [4.78, 5) is 13.0. The predicted molar refractivity (Wildman–Crippen MR) is 77.6 cm³/mol. The average Bonchev–Trinajstić information content (AvgIpc) is 3.15. The maximum atomic E-state index is 14.1. The second-order valence-corrected chi connectivity index (χ2v) is 5.58. The zero-order valence-corrected chi connectivity index (χ0v) is 12.1. The van der Waals surface area contributed by atoms with Crippen LogP contribution in [0.1, 0.15) is 6.42 Å². The third-order valence-electron chi connectivity index (χ3n) is 3.94. The fourth-order valence-corrected chi connectivity index (χ4v) is 2.67. The van der Waals surface area contributed by atoms with Crippen LogP contribution in [0.15, 0.2) is 18.2 Å². The molecule has 120 valence electrons. The maximum absolute atomic E-state index is 14.1. The van der Waals surface area contributed by atoms with Gasteiger partial charge in [-0.1, -0.05) is 0 Å². The SMILES string of the molecule is O=C1O[C@@H](CO)CN1c1ccc(OC[C@@H]2CCNC2)c(F)c1. The molecule has 0 bridgehead atoms. The summed E-state index contributed by atoms with van der Waals surface area (Å²) in [6.07, 6.45) is -0.118. The molecule has 3 rings (SSSR count). The summed E-state index contributed by atoms with van der Waals surface area (Å²) in [5.41, 5.74) is 0.397. The number of aliphatic hydroxyl groups excluding tert-OH is 1. The lowest BCUT2D eigenvalue weighted by atomic mass is 10.1. The second-order valence-electron chi connectivity index (χ2n) is 5.58. The number of aliphatic hydroxyl groups is 1. The van der Waals surface area contributed by atoms with Crippen LogP contribution in [0.4, 0.5) is 14.9 Å². The van der Waals surface area contributed by atoms with Gasteiger partial charge in [-0.2, -0.15) is 0 Å². The monoisotopic (exact) mass is 310 g/mol. The summed E-state index contributed by atoms with van der Waals surface area (Å²) in [6.45, 7) is 2.30. The average molecular weight is 310 g/mol. The van der Waals surface area contributed by atoms with Crippen molar-refractivity contribution >= 4 is 11.8 Å². The molecule has 0 saturated carbocycles. The van der Waals surface area contributed by atoms with Crippen LogP contribution in [-0.2, 0) is 4.74 Å². The predicted octanol–water partition coefficient (Wildman–Crippen LogP) is 1.13. The lowest BCUT2D eigenvalue weighted by Gasteiger charge is -2.15. The number of nitrogens with zero attached hydrogens (tertiary/aromatic N) is 1. The smallest absolute Gasteiger partial charge is 0.414 e. The quantitative estimate of drug-likeness (QED) is 0.853. The van der Waals surface area contributed by atoms with Crippen LogP contribution in [0, 0.1) is 11.7 Å². The van der Waals surface area contributed by atoms with E-state index >= 15 is 0 Å². The Kier molecular flexibility index (Phi) is 4.44. The van der Waals surface area contributed by atoms with Gasteiger partial charge in [0.2, 0.25) is 0 Å². The number of benzene rings is 1. The fraction of sp³-hybridized carbons (Fsp3) is 0.533. The van der Waals surface area contributed by atoms with Gasteiger partial charge in [-0.25, -0.2) is 9.18 Å². The zero-order chi connectivity index (χ0) is 15.5. The van der Waals surface area contributed by atoms with Gasteiger partial charge in [-0.05, 0) is 25.1 Å². The van der Waals surface area contributed by atoms with Crippen molar-refractivity contribution in [3.63, 3.8) is 0 Å². The largest absolute Gasteiger partial charge is 0.490 e. The first kappa shape index (κ1) is 15.1. The Bertz CT molecular complexity index is 548. The van der Waals surface area contributed by atoms with E-state index in [0.29, 0.717) is 18.2 Å². The molecule has 2 aliphatic rings. The number of rotatable bonds is 5. The minimum absolute atomic E-state index is 0.182. The highest BCUT2D eigenvalue weighted by Crippen LogP contribution is 2.27. The van der Waals surface area contributed by atoms with E-state index in [1.165, 1.54) is 17.0 Å². The molecule has 2 fully saturated rings. The van der Waals surface area contributed by atoms with Gasteiger partial charge >= 0.3 is 6.09 Å². The minimum atomic E-state index is -0.579. The van der Waals surface area contributed by atoms with Crippen molar-refractivity contribution in [2.75, 3.05) is 37.7 Å². The highest BCUT2D eigenvalue weighted by molar-refractivity contribution is 5.89. The standard InChI is InChI=1S/C15H19FN2O4/c16-13-5-11(18-7-12(8-19)22-15(18)20)1-2-14(13)21-9-10-3-4-17-6-10/h1-2,5,10,12,17,19H,3-4,6-9H2/t10-,12-/m1/s1. The third kappa shape index (κ3) is 3.15. The molecule has 2 atom stereocenters. The summed E-state index contributed by atoms with van der Waals surface area (Å²) in [6, 6.07) is 4.39. The zero-order valence-electron chi connectivity index (χ0n) is 12.1. The number of anilines is 1. The summed E-state index contributed by atoms with van der Waals surface area (Å²) in [5.74, 6) is 0.0728. The molecular weight excluding hydrogens is 291 g/mol. The molecule has 7 heteroatoms. The van der Waals surface area contributed by atoms with Crippen molar-refractivity contribution in [1.29, 1.82) is 0 Å². The summed E-state index contributed by atoms with van der Waals surface area (Å²) in [5, 5.41) is 12.2. The van der Waals surface area contributed by atoms with E-state index in [4.69, 9.17) is 14.6 Å². The first-order valence-electron chi connectivity index (χ1n) is 7.39. The second kappa shape index (κ2) is 6.50. The molecule has 1 aromatic carbocycles. The molecule has 2 N–H and O–H groups in total. The van der Waals surface area contributed by atoms with Gasteiger partial charge in [-0.15, -0.1) is 0 Å². The van der Waals surface area contributed by atoms with Crippen LogP contribution in [0.3, 0.4) is 0 Å². The van der Waals surface area contributed by atoms with Crippen molar-refractivity contribution < 1.29 is 23.8 Å². The molecule has 0 aromatic heterocycles. The van der Waals surface area contributed by atoms with Crippen LogP contribution in [0.25, 0.3) is 0 Å². The molecule has 2 heterocycles. The first-order chi connectivity index (χ1) is 10.7. The van der Waals surface area contributed by atoms with E-state index in [1.807, 2.05) is 0 Å². The molecule has 0 radical (unpaired) electrons. The van der Waals surface area contributed by atoms with Gasteiger partial charge in [0.25, 0.3) is 0 Å². The van der Waals surface area contributed by atoms with Gasteiger partial charge in [0, 0.05) is 18.5 Å². The van der Waals surface area contributed by atoms with Crippen LogP contribution in [0.5, 0.6) is 5.75 Å². The minimum Gasteiger partial charge on any atom is -0.490 e. The number of carbonyl (C=O) groups is 1. The van der Waals surface area contributed by atoms with E-state index in [9.17, 15) is 9.18 Å². The number of hydrogen-bond acceptors (Lipinski definition) is 5. The summed E-state index contributed by atoms with van der Waals surface area (Å²) < 4.78 is 24.6. The summed E-state index contributed by atoms with van der Waals surface area (Å²) in [7, 11) is 0. The topological polar surface area (TPSA) is 71.0 Å². The number of halogens is 1. The Morgan fingerprint density at radius 2 is 2.36 bits per heavy atom. The van der Waals surface area contributed by atoms with Crippen molar-refractivity contribution in [3.05, 3.63) is 24.0 Å². The Morgan fingerprint density at radius 3 is 3.00 bits per heavy atom. The number of cyclic esters (lactones) is 1. The highest BCUT2D eigenvalue weighted by atomic mass is 19.1. The highest BCUT2D eigenvalue weighted by Gasteiger charge is 2.32. The Hall–Kier alpha value is -1.86. The van der Waals surface area contributed by atoms with E-state index in [0.717, 1.165) is 19.5 Å². The van der Waals surface area contributed by atoms with Gasteiger partial charge in [0.1, 0.15) is 6.10 Å². The normalized spacial score (nSPS) is 24.6. The Labute approximate surface area is 127 Å². The number of hydrogen-bond donors (Lipinski definition) is 2. The molecule has 0 unspecified atom stereocenters. The van der Waals surface area contributed by atoms with Crippen molar-refractivity contribution in [1.82, 2.24) is 5.32 Å². The fourth-order valence-electron chi connectivity index (χ4n) is 2.67. The number of nitrogens with one attached hydrogen (secondary N) is 1. The summed E-state index contributed by atoms with van der Waals surface area (Å²) >= 11 is 0. The van der Waals surface area contributed by atoms with Crippen molar-refractivity contribution in [2.24, 2.45) is 5.92 Å².